The highest BCUT2D eigenvalue weighted by Gasteiger charge is 2.16. The SMILES string of the molecule is COc1cccc(CC(Cl)c2cc(Cl)c(OC)cc2Cl)c1. The maximum atomic E-state index is 6.48. The molecule has 0 bridgehead atoms. The molecule has 0 N–H and O–H groups in total. The lowest BCUT2D eigenvalue weighted by molar-refractivity contribution is 0.414. The predicted molar refractivity (Wildman–Crippen MR) is 88.3 cm³/mol. The molecular formula is C16H15Cl3O2. The van der Waals surface area contributed by atoms with E-state index in [0.717, 1.165) is 16.9 Å². The van der Waals surface area contributed by atoms with Gasteiger partial charge in [0, 0.05) is 11.1 Å². The third-order valence-corrected chi connectivity index (χ3v) is 4.17. The van der Waals surface area contributed by atoms with Crippen LogP contribution in [-0.4, -0.2) is 14.2 Å². The first-order valence-corrected chi connectivity index (χ1v) is 7.54. The van der Waals surface area contributed by atoms with Crippen LogP contribution in [0.4, 0.5) is 0 Å². The largest absolute Gasteiger partial charge is 0.497 e. The Balaban J connectivity index is 2.23. The van der Waals surface area contributed by atoms with E-state index in [1.54, 1.807) is 26.4 Å². The van der Waals surface area contributed by atoms with Gasteiger partial charge in [-0.15, -0.1) is 11.6 Å². The summed E-state index contributed by atoms with van der Waals surface area (Å²) in [5.41, 5.74) is 1.85. The summed E-state index contributed by atoms with van der Waals surface area (Å²) in [6.07, 6.45) is 0.626. The van der Waals surface area contributed by atoms with Crippen LogP contribution in [0.5, 0.6) is 11.5 Å². The number of ether oxygens (including phenoxy) is 2. The van der Waals surface area contributed by atoms with E-state index in [4.69, 9.17) is 44.3 Å². The minimum absolute atomic E-state index is 0.284. The van der Waals surface area contributed by atoms with Crippen LogP contribution in [0.15, 0.2) is 36.4 Å². The van der Waals surface area contributed by atoms with Crippen molar-refractivity contribution < 1.29 is 9.47 Å². The summed E-state index contributed by atoms with van der Waals surface area (Å²) < 4.78 is 10.3. The maximum absolute atomic E-state index is 6.48. The molecule has 0 saturated heterocycles. The highest BCUT2D eigenvalue weighted by atomic mass is 35.5. The summed E-state index contributed by atoms with van der Waals surface area (Å²) in [4.78, 5) is 0. The first kappa shape index (κ1) is 16.3. The Morgan fingerprint density at radius 1 is 1.00 bits per heavy atom. The summed E-state index contributed by atoms with van der Waals surface area (Å²) in [6, 6.07) is 11.2. The van der Waals surface area contributed by atoms with Crippen molar-refractivity contribution in [2.24, 2.45) is 0 Å². The van der Waals surface area contributed by atoms with Gasteiger partial charge in [0.25, 0.3) is 0 Å². The minimum atomic E-state index is -0.284. The van der Waals surface area contributed by atoms with E-state index < -0.39 is 0 Å². The van der Waals surface area contributed by atoms with Crippen LogP contribution in [0.1, 0.15) is 16.5 Å². The van der Waals surface area contributed by atoms with Crippen LogP contribution in [-0.2, 0) is 6.42 Å². The maximum Gasteiger partial charge on any atom is 0.138 e. The molecular weight excluding hydrogens is 331 g/mol. The van der Waals surface area contributed by atoms with Gasteiger partial charge in [-0.1, -0.05) is 35.3 Å². The number of rotatable bonds is 5. The van der Waals surface area contributed by atoms with E-state index in [0.29, 0.717) is 22.2 Å². The summed E-state index contributed by atoms with van der Waals surface area (Å²) >= 11 is 18.9. The van der Waals surface area contributed by atoms with E-state index in [-0.39, 0.29) is 5.38 Å². The molecule has 112 valence electrons. The average molecular weight is 346 g/mol. The topological polar surface area (TPSA) is 18.5 Å². The van der Waals surface area contributed by atoms with Gasteiger partial charge in [-0.3, -0.25) is 0 Å². The Morgan fingerprint density at radius 2 is 1.76 bits per heavy atom. The van der Waals surface area contributed by atoms with Gasteiger partial charge < -0.3 is 9.47 Å². The smallest absolute Gasteiger partial charge is 0.138 e. The second kappa shape index (κ2) is 7.26. The molecule has 2 nitrogen and oxygen atoms in total. The van der Waals surface area contributed by atoms with Crippen molar-refractivity contribution in [3.63, 3.8) is 0 Å². The molecule has 0 amide bonds. The summed E-state index contributed by atoms with van der Waals surface area (Å²) in [7, 11) is 3.18. The molecule has 0 heterocycles. The van der Waals surface area contributed by atoms with E-state index in [1.807, 2.05) is 24.3 Å². The number of benzene rings is 2. The Kier molecular flexibility index (Phi) is 5.63. The van der Waals surface area contributed by atoms with Crippen LogP contribution in [0.2, 0.25) is 10.0 Å². The molecule has 0 aromatic heterocycles. The fraction of sp³-hybridized carbons (Fsp3) is 0.250. The molecule has 0 aliphatic carbocycles. The molecule has 0 spiro atoms. The van der Waals surface area contributed by atoms with Gasteiger partial charge in [0.05, 0.1) is 24.6 Å². The first-order valence-electron chi connectivity index (χ1n) is 6.35. The van der Waals surface area contributed by atoms with E-state index in [9.17, 15) is 0 Å². The summed E-state index contributed by atoms with van der Waals surface area (Å²) in [5.74, 6) is 1.34. The highest BCUT2D eigenvalue weighted by molar-refractivity contribution is 6.35. The zero-order valence-electron chi connectivity index (χ0n) is 11.7. The van der Waals surface area contributed by atoms with Gasteiger partial charge in [-0.05, 0) is 35.7 Å². The van der Waals surface area contributed by atoms with Gasteiger partial charge in [0.15, 0.2) is 0 Å². The fourth-order valence-corrected chi connectivity index (χ4v) is 3.01. The quantitative estimate of drug-likeness (QED) is 0.663. The zero-order valence-corrected chi connectivity index (χ0v) is 14.0. The molecule has 0 saturated carbocycles. The predicted octanol–water partition coefficient (Wildman–Crippen LogP) is 5.53. The molecule has 1 atom stereocenters. The second-order valence-electron chi connectivity index (χ2n) is 4.53. The Morgan fingerprint density at radius 3 is 2.43 bits per heavy atom. The van der Waals surface area contributed by atoms with Gasteiger partial charge in [0.2, 0.25) is 0 Å². The van der Waals surface area contributed by atoms with E-state index in [1.165, 1.54) is 0 Å². The van der Waals surface area contributed by atoms with Crippen molar-refractivity contribution in [2.45, 2.75) is 11.8 Å². The lowest BCUT2D eigenvalue weighted by Crippen LogP contribution is -1.98. The highest BCUT2D eigenvalue weighted by Crippen LogP contribution is 2.37. The monoisotopic (exact) mass is 344 g/mol. The van der Waals surface area contributed by atoms with Crippen LogP contribution >= 0.6 is 34.8 Å². The van der Waals surface area contributed by atoms with Crippen LogP contribution < -0.4 is 9.47 Å². The molecule has 0 fully saturated rings. The summed E-state index contributed by atoms with van der Waals surface area (Å²) in [6.45, 7) is 0. The van der Waals surface area contributed by atoms with Crippen molar-refractivity contribution in [2.75, 3.05) is 14.2 Å². The standard InChI is InChI=1S/C16H15Cl3O2/c1-20-11-5-3-4-10(6-11)7-13(17)12-8-15(19)16(21-2)9-14(12)18/h3-6,8-9,13H,7H2,1-2H3. The molecule has 5 heteroatoms. The van der Waals surface area contributed by atoms with Crippen molar-refractivity contribution in [3.8, 4) is 11.5 Å². The Bertz CT molecular complexity index is 629. The lowest BCUT2D eigenvalue weighted by atomic mass is 10.0. The third-order valence-electron chi connectivity index (χ3n) is 3.16. The normalized spacial score (nSPS) is 12.0. The van der Waals surface area contributed by atoms with Gasteiger partial charge >= 0.3 is 0 Å². The number of methoxy groups -OCH3 is 2. The lowest BCUT2D eigenvalue weighted by Gasteiger charge is -2.14. The molecule has 2 aromatic rings. The van der Waals surface area contributed by atoms with Crippen LogP contribution in [0.25, 0.3) is 0 Å². The van der Waals surface area contributed by atoms with Crippen molar-refractivity contribution in [3.05, 3.63) is 57.6 Å². The zero-order chi connectivity index (χ0) is 15.4. The van der Waals surface area contributed by atoms with E-state index in [2.05, 4.69) is 0 Å². The Hall–Kier alpha value is -1.09. The molecule has 0 radical (unpaired) electrons. The van der Waals surface area contributed by atoms with Crippen LogP contribution in [0, 0.1) is 0 Å². The molecule has 21 heavy (non-hydrogen) atoms. The second-order valence-corrected chi connectivity index (χ2v) is 5.87. The van der Waals surface area contributed by atoms with Crippen LogP contribution in [0.3, 0.4) is 0 Å². The number of hydrogen-bond donors (Lipinski definition) is 0. The Labute approximate surface area is 139 Å². The number of hydrogen-bond acceptors (Lipinski definition) is 2. The molecule has 2 rings (SSSR count). The summed E-state index contributed by atoms with van der Waals surface area (Å²) in [5, 5.41) is 0.750. The molecule has 0 aliphatic rings. The van der Waals surface area contributed by atoms with E-state index >= 15 is 0 Å². The van der Waals surface area contributed by atoms with Crippen molar-refractivity contribution in [1.82, 2.24) is 0 Å². The molecule has 2 aromatic carbocycles. The van der Waals surface area contributed by atoms with Gasteiger partial charge in [0.1, 0.15) is 11.5 Å². The molecule has 0 aliphatic heterocycles. The number of halogens is 3. The third kappa shape index (κ3) is 3.97. The number of alkyl halides is 1. The van der Waals surface area contributed by atoms with Gasteiger partial charge in [-0.2, -0.15) is 0 Å². The first-order chi connectivity index (χ1) is 10.0. The van der Waals surface area contributed by atoms with Crippen molar-refractivity contribution in [1.29, 1.82) is 0 Å². The van der Waals surface area contributed by atoms with Crippen molar-refractivity contribution >= 4 is 34.8 Å². The van der Waals surface area contributed by atoms with Gasteiger partial charge in [-0.25, -0.2) is 0 Å². The molecule has 1 unspecified atom stereocenters. The minimum Gasteiger partial charge on any atom is -0.497 e. The fourth-order valence-electron chi connectivity index (χ4n) is 2.06. The average Bonchev–Trinajstić information content (AvgIpc) is 2.49.